The lowest BCUT2D eigenvalue weighted by Gasteiger charge is -2.31. The van der Waals surface area contributed by atoms with Gasteiger partial charge >= 0.3 is 12.0 Å². The number of hydrogen-bond donors (Lipinski definition) is 5. The van der Waals surface area contributed by atoms with E-state index in [-0.39, 0.29) is 36.6 Å². The summed E-state index contributed by atoms with van der Waals surface area (Å²) in [5, 5.41) is 20.5. The van der Waals surface area contributed by atoms with Gasteiger partial charge < -0.3 is 36.2 Å². The summed E-state index contributed by atoms with van der Waals surface area (Å²) in [6, 6.07) is 11.1. The second-order valence-corrected chi connectivity index (χ2v) is 12.7. The van der Waals surface area contributed by atoms with Crippen LogP contribution in [0.1, 0.15) is 64.0 Å². The first kappa shape index (κ1) is 37.5. The maximum atomic E-state index is 13.6. The van der Waals surface area contributed by atoms with Crippen molar-refractivity contribution in [3.05, 3.63) is 59.7 Å². The van der Waals surface area contributed by atoms with E-state index in [4.69, 9.17) is 0 Å². The Morgan fingerprint density at radius 1 is 0.958 bits per heavy atom. The van der Waals surface area contributed by atoms with Gasteiger partial charge in [-0.3, -0.25) is 24.0 Å². The Balaban J connectivity index is 1.64. The first-order valence-electron chi connectivity index (χ1n) is 16.3. The zero-order chi connectivity index (χ0) is 35.4. The van der Waals surface area contributed by atoms with Crippen LogP contribution < -0.4 is 21.3 Å². The van der Waals surface area contributed by atoms with Gasteiger partial charge in [-0.25, -0.2) is 4.79 Å². The summed E-state index contributed by atoms with van der Waals surface area (Å²) < 4.78 is 0. The van der Waals surface area contributed by atoms with Crippen LogP contribution in [0.15, 0.2) is 48.5 Å². The molecule has 3 atom stereocenters. The maximum Gasteiger partial charge on any atom is 0.323 e. The molecule has 0 aliphatic carbocycles. The van der Waals surface area contributed by atoms with Gasteiger partial charge in [-0.05, 0) is 67.9 Å². The van der Waals surface area contributed by atoms with Crippen molar-refractivity contribution in [2.24, 2.45) is 5.92 Å². The van der Waals surface area contributed by atoms with Crippen molar-refractivity contribution in [2.75, 3.05) is 30.8 Å². The van der Waals surface area contributed by atoms with Crippen molar-refractivity contribution in [2.45, 2.75) is 84.3 Å². The molecule has 0 spiro atoms. The third-order valence-electron chi connectivity index (χ3n) is 8.29. The lowest BCUT2D eigenvalue weighted by Crippen LogP contribution is -2.57. The molecule has 3 rings (SSSR count). The Labute approximate surface area is 281 Å². The molecule has 2 aromatic rings. The number of likely N-dealkylation sites (tertiary alicyclic amines) is 1. The molecule has 1 aliphatic rings. The van der Waals surface area contributed by atoms with Gasteiger partial charge in [0.05, 0.1) is 12.8 Å². The van der Waals surface area contributed by atoms with Crippen LogP contribution in [0.25, 0.3) is 0 Å². The van der Waals surface area contributed by atoms with E-state index < -0.39 is 42.3 Å². The van der Waals surface area contributed by atoms with E-state index in [1.54, 1.807) is 35.2 Å². The van der Waals surface area contributed by atoms with Gasteiger partial charge in [0.15, 0.2) is 0 Å². The molecule has 0 aromatic heterocycles. The average Bonchev–Trinajstić information content (AvgIpc) is 3.26. The van der Waals surface area contributed by atoms with E-state index in [1.807, 2.05) is 39.0 Å². The fraction of sp³-hybridized carbons (Fsp3) is 0.486. The van der Waals surface area contributed by atoms with Gasteiger partial charge in [0.1, 0.15) is 12.1 Å². The number of carbonyl (C=O) groups excluding carboxylic acids is 5. The Morgan fingerprint density at radius 2 is 1.65 bits per heavy atom. The van der Waals surface area contributed by atoms with Gasteiger partial charge in [-0.15, -0.1) is 0 Å². The number of hydrogen-bond acceptors (Lipinski definition) is 6. The number of nitrogens with zero attached hydrogens (tertiary/aromatic N) is 2. The minimum atomic E-state index is -1.37. The van der Waals surface area contributed by atoms with Crippen molar-refractivity contribution < 1.29 is 33.9 Å². The topological polar surface area (TPSA) is 177 Å². The standard InChI is InChI=1S/C35H48N6O7/c1-22(2)18-30(34(47)38-29(20-32(44)45)33(46)36-27-11-8-9-17-41(21-27)24(4)42)40(5)31(43)19-25-13-15-26(16-14-25)37-35(48)39-28-12-7-6-10-23(28)3/h6-7,10,12-16,22,27,29-30H,8-9,11,17-21H2,1-5H3,(H,36,46)(H,38,47)(H,44,45)(H2,37,39,48)/t27-,29-,30-/m0/s1. The Morgan fingerprint density at radius 3 is 2.27 bits per heavy atom. The Kier molecular flexibility index (Phi) is 13.9. The predicted octanol–water partition coefficient (Wildman–Crippen LogP) is 3.53. The molecule has 260 valence electrons. The SMILES string of the molecule is CC(=O)N1CCCC[C@H](NC(=O)[C@H](CC(=O)O)NC(=O)[C@H](CC(C)C)N(C)C(=O)Cc2ccc(NC(=O)Nc3ccccc3C)cc2)C1. The minimum Gasteiger partial charge on any atom is -0.481 e. The van der Waals surface area contributed by atoms with Gasteiger partial charge in [0.25, 0.3) is 0 Å². The number of para-hydroxylation sites is 1. The predicted molar refractivity (Wildman–Crippen MR) is 182 cm³/mol. The van der Waals surface area contributed by atoms with Gasteiger partial charge in [0.2, 0.25) is 23.6 Å². The molecule has 48 heavy (non-hydrogen) atoms. The summed E-state index contributed by atoms with van der Waals surface area (Å²) in [6.07, 6.45) is 1.82. The molecule has 2 aromatic carbocycles. The minimum absolute atomic E-state index is 0.00230. The van der Waals surface area contributed by atoms with Crippen molar-refractivity contribution in [3.8, 4) is 0 Å². The number of benzene rings is 2. The van der Waals surface area contributed by atoms with E-state index >= 15 is 0 Å². The monoisotopic (exact) mass is 664 g/mol. The van der Waals surface area contributed by atoms with Crippen LogP contribution in [-0.4, -0.2) is 88.8 Å². The number of aryl methyl sites for hydroxylation is 1. The summed E-state index contributed by atoms with van der Waals surface area (Å²) in [4.78, 5) is 79.3. The largest absolute Gasteiger partial charge is 0.481 e. The number of nitrogens with one attached hydrogen (secondary N) is 4. The highest BCUT2D eigenvalue weighted by Crippen LogP contribution is 2.18. The summed E-state index contributed by atoms with van der Waals surface area (Å²) >= 11 is 0. The first-order chi connectivity index (χ1) is 22.7. The Bertz CT molecular complexity index is 1460. The number of anilines is 2. The van der Waals surface area contributed by atoms with E-state index in [9.17, 15) is 33.9 Å². The van der Waals surface area contributed by atoms with E-state index in [0.29, 0.717) is 36.4 Å². The molecule has 13 nitrogen and oxygen atoms in total. The van der Waals surface area contributed by atoms with Crippen LogP contribution in [0.2, 0.25) is 0 Å². The van der Waals surface area contributed by atoms with Crippen LogP contribution in [-0.2, 0) is 30.4 Å². The molecule has 1 saturated heterocycles. The molecule has 0 saturated carbocycles. The molecular weight excluding hydrogens is 616 g/mol. The quantitative estimate of drug-likeness (QED) is 0.218. The van der Waals surface area contributed by atoms with E-state index in [1.165, 1.54) is 18.9 Å². The summed E-state index contributed by atoms with van der Waals surface area (Å²) in [5.74, 6) is -3.01. The van der Waals surface area contributed by atoms with Gasteiger partial charge in [-0.1, -0.05) is 44.2 Å². The second kappa shape index (κ2) is 17.8. The fourth-order valence-electron chi connectivity index (χ4n) is 5.56. The summed E-state index contributed by atoms with van der Waals surface area (Å²) in [7, 11) is 1.51. The number of amides is 6. The summed E-state index contributed by atoms with van der Waals surface area (Å²) in [6.45, 7) is 8.04. The lowest BCUT2D eigenvalue weighted by molar-refractivity contribution is -0.143. The smallest absolute Gasteiger partial charge is 0.323 e. The third-order valence-corrected chi connectivity index (χ3v) is 8.29. The highest BCUT2D eigenvalue weighted by atomic mass is 16.4. The van der Waals surface area contributed by atoms with Gasteiger partial charge in [0, 0.05) is 44.5 Å². The summed E-state index contributed by atoms with van der Waals surface area (Å²) in [5.41, 5.74) is 2.80. The average molecular weight is 665 g/mol. The number of rotatable bonds is 13. The molecule has 5 N–H and O–H groups in total. The number of carbonyl (C=O) groups is 6. The van der Waals surface area contributed by atoms with E-state index in [2.05, 4.69) is 21.3 Å². The van der Waals surface area contributed by atoms with Crippen LogP contribution in [0.3, 0.4) is 0 Å². The third kappa shape index (κ3) is 11.7. The maximum absolute atomic E-state index is 13.6. The molecular formula is C35H48N6O7. The molecule has 0 unspecified atom stereocenters. The number of likely N-dealkylation sites (N-methyl/N-ethyl adjacent to an activating group) is 1. The fourth-order valence-corrected chi connectivity index (χ4v) is 5.56. The Hall–Kier alpha value is -4.94. The first-order valence-corrected chi connectivity index (χ1v) is 16.3. The van der Waals surface area contributed by atoms with Crippen LogP contribution in [0.4, 0.5) is 16.2 Å². The number of carboxylic acids is 1. The van der Waals surface area contributed by atoms with Crippen molar-refractivity contribution >= 4 is 47.0 Å². The molecule has 13 heteroatoms. The second-order valence-electron chi connectivity index (χ2n) is 12.7. The zero-order valence-corrected chi connectivity index (χ0v) is 28.4. The van der Waals surface area contributed by atoms with Crippen LogP contribution in [0.5, 0.6) is 0 Å². The number of aliphatic carboxylic acids is 1. The molecule has 1 aliphatic heterocycles. The highest BCUT2D eigenvalue weighted by Gasteiger charge is 2.33. The lowest BCUT2D eigenvalue weighted by atomic mass is 10.00. The van der Waals surface area contributed by atoms with Crippen LogP contribution in [0, 0.1) is 12.8 Å². The number of urea groups is 1. The number of carboxylic acid groups (broad SMARTS) is 1. The van der Waals surface area contributed by atoms with Crippen molar-refractivity contribution in [1.82, 2.24) is 20.4 Å². The molecule has 0 bridgehead atoms. The molecule has 0 radical (unpaired) electrons. The van der Waals surface area contributed by atoms with Crippen molar-refractivity contribution in [1.29, 1.82) is 0 Å². The normalized spacial score (nSPS) is 15.8. The zero-order valence-electron chi connectivity index (χ0n) is 28.4. The molecule has 6 amide bonds. The molecule has 1 heterocycles. The van der Waals surface area contributed by atoms with Crippen molar-refractivity contribution in [3.63, 3.8) is 0 Å². The highest BCUT2D eigenvalue weighted by molar-refractivity contribution is 6.00. The van der Waals surface area contributed by atoms with Crippen LogP contribution >= 0.6 is 0 Å². The molecule has 1 fully saturated rings. The van der Waals surface area contributed by atoms with E-state index in [0.717, 1.165) is 18.4 Å². The van der Waals surface area contributed by atoms with Gasteiger partial charge in [-0.2, -0.15) is 0 Å².